The maximum atomic E-state index is 17.8. The number of aliphatic hydroxyl groups excluding tert-OH is 2. The van der Waals surface area contributed by atoms with Crippen LogP contribution in [-0.4, -0.2) is 137 Å². The average Bonchev–Trinajstić information content (AvgIpc) is 3.89. The molecule has 76 heavy (non-hydrogen) atoms. The number of rotatable bonds is 30. The predicted molar refractivity (Wildman–Crippen MR) is 283 cm³/mol. The highest BCUT2D eigenvalue weighted by molar-refractivity contribution is 8.01. The monoisotopic (exact) mass is 1080 g/mol. The van der Waals surface area contributed by atoms with Crippen molar-refractivity contribution < 1.29 is 71.8 Å². The summed E-state index contributed by atoms with van der Waals surface area (Å²) < 4.78 is 57.9. The van der Waals surface area contributed by atoms with E-state index in [1.54, 1.807) is 19.9 Å². The largest absolute Gasteiger partial charge is 0.481 e. The molecule has 3 saturated carbocycles. The van der Waals surface area contributed by atoms with Crippen LogP contribution in [0.15, 0.2) is 72.3 Å². The molecule has 0 heterocycles. The molecule has 19 heteroatoms. The first-order valence-electron chi connectivity index (χ1n) is 26.7. The standard InChI is InChI=1S/C57H77F2N3O13S/c1-6-8-10-36(3)76-46(33-51(69)70)52(71)61-23-19-49(67)60-24-26-73-28-27-72-25-20-50(68)62-40-12-9-11-38(30-40)29-37-13-15-39(16-14-37)53(74-7-2)75-56(48(66)35-63)22-18-42-43-32-45(58)44-31-41(64)17-21-54(44,4)57(43,59)47(65)34-55(42,56)5/h9,11-17,21,30-31,36,42-43,45-47,53,63,65H,6-8,10,18-20,22-29,32-35H2,1-5H3,(H,60,67)(H,61,71)(H,62,68)(H,69,70)/t36?,42?,43-,45-,46?,47-,53+,54-,55-,56-,57-/m0/s1. The molecule has 2 aromatic carbocycles. The molecule has 6 N–H and O–H groups in total. The van der Waals surface area contributed by atoms with Gasteiger partial charge < -0.3 is 50.2 Å². The molecule has 2 aromatic rings. The summed E-state index contributed by atoms with van der Waals surface area (Å²) in [6, 6.07) is 14.9. The number of aliphatic hydroxyl groups is 2. The summed E-state index contributed by atoms with van der Waals surface area (Å²) >= 11 is 1.34. The lowest BCUT2D eigenvalue weighted by Gasteiger charge is -2.63. The Morgan fingerprint density at radius 1 is 0.921 bits per heavy atom. The van der Waals surface area contributed by atoms with Crippen molar-refractivity contribution in [2.24, 2.45) is 22.7 Å². The Kier molecular flexibility index (Phi) is 21.5. The molecule has 4 aliphatic carbocycles. The smallest absolute Gasteiger partial charge is 0.305 e. The van der Waals surface area contributed by atoms with E-state index in [0.29, 0.717) is 17.7 Å². The molecule has 0 aliphatic heterocycles. The zero-order valence-corrected chi connectivity index (χ0v) is 45.2. The maximum absolute atomic E-state index is 17.8. The Morgan fingerprint density at radius 2 is 1.66 bits per heavy atom. The van der Waals surface area contributed by atoms with Gasteiger partial charge in [0.25, 0.3) is 0 Å². The summed E-state index contributed by atoms with van der Waals surface area (Å²) in [6.45, 7) is 9.67. The number of ether oxygens (including phenoxy) is 4. The minimum absolute atomic E-state index is 0.0131. The number of allylic oxidation sites excluding steroid dienone is 4. The normalized spacial score (nSPS) is 27.8. The Morgan fingerprint density at radius 3 is 2.36 bits per heavy atom. The van der Waals surface area contributed by atoms with Crippen LogP contribution < -0.4 is 16.0 Å². The van der Waals surface area contributed by atoms with Crippen LogP contribution in [-0.2, 0) is 54.1 Å². The molecule has 418 valence electrons. The molecule has 0 spiro atoms. The van der Waals surface area contributed by atoms with E-state index < -0.39 is 87.8 Å². The van der Waals surface area contributed by atoms with Crippen LogP contribution in [0.3, 0.4) is 0 Å². The second kappa shape index (κ2) is 27.1. The summed E-state index contributed by atoms with van der Waals surface area (Å²) in [7, 11) is 0. The lowest BCUT2D eigenvalue weighted by atomic mass is 9.44. The second-order valence-corrected chi connectivity index (χ2v) is 22.6. The first kappa shape index (κ1) is 60.3. The fourth-order valence-electron chi connectivity index (χ4n) is 12.0. The molecule has 11 atom stereocenters. The van der Waals surface area contributed by atoms with Gasteiger partial charge in [-0.1, -0.05) is 76.1 Å². The van der Waals surface area contributed by atoms with Gasteiger partial charge in [-0.15, -0.1) is 11.8 Å². The van der Waals surface area contributed by atoms with Gasteiger partial charge in [0, 0.05) is 59.4 Å². The zero-order chi connectivity index (χ0) is 55.3. The van der Waals surface area contributed by atoms with Crippen molar-refractivity contribution in [2.45, 2.75) is 146 Å². The molecule has 4 aliphatic rings. The van der Waals surface area contributed by atoms with E-state index in [0.717, 1.165) is 36.5 Å². The number of Topliss-reactive ketones (excluding diaryl/α,β-unsaturated/α-hetero) is 1. The first-order valence-corrected chi connectivity index (χ1v) is 27.6. The Bertz CT molecular complexity index is 2430. The molecule has 6 rings (SSSR count). The van der Waals surface area contributed by atoms with E-state index in [1.165, 1.54) is 30.8 Å². The van der Waals surface area contributed by atoms with Crippen LogP contribution in [0.25, 0.3) is 0 Å². The molecule has 3 unspecified atom stereocenters. The number of hydrogen-bond donors (Lipinski definition) is 6. The third kappa shape index (κ3) is 13.9. The van der Waals surface area contributed by atoms with Crippen molar-refractivity contribution in [3.63, 3.8) is 0 Å². The Hall–Kier alpha value is -4.89. The topological polar surface area (TPSA) is 236 Å². The Labute approximate surface area is 448 Å². The number of halogens is 2. The first-order chi connectivity index (χ1) is 36.2. The number of aliphatic carboxylic acids is 1. The molecule has 0 aromatic heterocycles. The van der Waals surface area contributed by atoms with Crippen molar-refractivity contribution >= 4 is 52.7 Å². The second-order valence-electron chi connectivity index (χ2n) is 20.9. The number of thioether (sulfide) groups is 1. The van der Waals surface area contributed by atoms with Crippen molar-refractivity contribution in [1.82, 2.24) is 10.6 Å². The highest BCUT2D eigenvalue weighted by atomic mass is 32.2. The lowest BCUT2D eigenvalue weighted by Crippen LogP contribution is -2.70. The van der Waals surface area contributed by atoms with Crippen LogP contribution in [0.4, 0.5) is 14.5 Å². The summed E-state index contributed by atoms with van der Waals surface area (Å²) in [6.07, 6.45) is 2.51. The SMILES string of the molecule is CCCCC(C)SC(CC(=O)O)C(=O)NCCC(=O)NCCOCCOCCC(=O)Nc1cccc(Cc2ccc([C@H](OCC)O[C@]3(C(=O)CO)CCC4[C@@H]5C[C@H](F)C6=CC(=O)C=C[C@]6(C)[C@@]5(F)[C@@H](O)C[C@@]43C)cc2)c1. The van der Waals surface area contributed by atoms with Crippen molar-refractivity contribution in [1.29, 1.82) is 0 Å². The van der Waals surface area contributed by atoms with E-state index in [-0.39, 0.29) is 114 Å². The fraction of sp³-hybridized carbons (Fsp3) is 0.614. The summed E-state index contributed by atoms with van der Waals surface area (Å²) in [4.78, 5) is 75.4. The molecule has 0 radical (unpaired) electrons. The van der Waals surface area contributed by atoms with Crippen LogP contribution in [0.2, 0.25) is 0 Å². The van der Waals surface area contributed by atoms with E-state index in [1.807, 2.05) is 49.4 Å². The third-order valence-electron chi connectivity index (χ3n) is 15.9. The Balaban J connectivity index is 0.932. The summed E-state index contributed by atoms with van der Waals surface area (Å²) in [5.74, 6) is -4.67. The number of carboxylic acids is 1. The number of carbonyl (C=O) groups excluding carboxylic acids is 5. The van der Waals surface area contributed by atoms with Gasteiger partial charge in [0.05, 0.1) is 50.6 Å². The number of carboxylic acid groups (broad SMARTS) is 1. The molecule has 0 bridgehead atoms. The summed E-state index contributed by atoms with van der Waals surface area (Å²) in [5.41, 5.74) is -3.79. The zero-order valence-electron chi connectivity index (χ0n) is 44.4. The molecule has 3 amide bonds. The third-order valence-corrected chi connectivity index (χ3v) is 17.3. The van der Waals surface area contributed by atoms with Crippen LogP contribution in [0.5, 0.6) is 0 Å². The number of carbonyl (C=O) groups is 6. The number of anilines is 1. The minimum Gasteiger partial charge on any atom is -0.481 e. The van der Waals surface area contributed by atoms with Gasteiger partial charge in [0.2, 0.25) is 17.7 Å². The number of nitrogens with one attached hydrogen (secondary N) is 3. The van der Waals surface area contributed by atoms with E-state index in [2.05, 4.69) is 22.9 Å². The highest BCUT2D eigenvalue weighted by Crippen LogP contribution is 2.71. The van der Waals surface area contributed by atoms with Crippen LogP contribution in [0, 0.1) is 22.7 Å². The van der Waals surface area contributed by atoms with Gasteiger partial charge >= 0.3 is 5.97 Å². The molecule has 3 fully saturated rings. The number of ketones is 2. The maximum Gasteiger partial charge on any atom is 0.305 e. The van der Waals surface area contributed by atoms with E-state index >= 15 is 8.78 Å². The number of benzene rings is 2. The number of unbranched alkanes of at least 4 members (excludes halogenated alkanes) is 1. The van der Waals surface area contributed by atoms with Gasteiger partial charge in [-0.3, -0.25) is 28.8 Å². The number of amides is 3. The van der Waals surface area contributed by atoms with Gasteiger partial charge in [0.15, 0.2) is 23.5 Å². The van der Waals surface area contributed by atoms with Gasteiger partial charge in [-0.2, -0.15) is 0 Å². The van der Waals surface area contributed by atoms with Crippen molar-refractivity contribution in [3.8, 4) is 0 Å². The predicted octanol–water partition coefficient (Wildman–Crippen LogP) is 7.09. The van der Waals surface area contributed by atoms with Crippen LogP contribution >= 0.6 is 11.8 Å². The van der Waals surface area contributed by atoms with Gasteiger partial charge in [-0.25, -0.2) is 8.78 Å². The van der Waals surface area contributed by atoms with Gasteiger partial charge in [0.1, 0.15) is 18.4 Å². The highest BCUT2D eigenvalue weighted by Gasteiger charge is 2.76. The van der Waals surface area contributed by atoms with Crippen molar-refractivity contribution in [3.05, 3.63) is 89.0 Å². The quantitative estimate of drug-likeness (QED) is 0.0339. The van der Waals surface area contributed by atoms with Crippen LogP contribution in [0.1, 0.15) is 122 Å². The van der Waals surface area contributed by atoms with Crippen molar-refractivity contribution in [2.75, 3.05) is 58.0 Å². The molecule has 16 nitrogen and oxygen atoms in total. The number of fused-ring (bicyclic) bond motifs is 5. The van der Waals surface area contributed by atoms with E-state index in [4.69, 9.17) is 18.9 Å². The minimum atomic E-state index is -2.33. The number of alkyl halides is 2. The molecular weight excluding hydrogens is 1000 g/mol. The van der Waals surface area contributed by atoms with Gasteiger partial charge in [-0.05, 0) is 99.3 Å². The summed E-state index contributed by atoms with van der Waals surface area (Å²) in [5, 5.41) is 39.3. The average molecular weight is 1080 g/mol. The lowest BCUT2D eigenvalue weighted by molar-refractivity contribution is -0.268. The number of hydrogen-bond acceptors (Lipinski definition) is 13. The fourth-order valence-corrected chi connectivity index (χ4v) is 13.3. The molecular formula is C57H77F2N3O13S. The van der Waals surface area contributed by atoms with E-state index in [9.17, 15) is 44.1 Å². The molecule has 0 saturated heterocycles.